The molecule has 0 unspecified atom stereocenters. The zero-order chi connectivity index (χ0) is 20.1. The third-order valence-electron chi connectivity index (χ3n) is 5.60. The fraction of sp³-hybridized carbons (Fsp3) is 0.684. The summed E-state index contributed by atoms with van der Waals surface area (Å²) in [6, 6.07) is 0. The van der Waals surface area contributed by atoms with Crippen LogP contribution in [0.25, 0.3) is 0 Å². The van der Waals surface area contributed by atoms with Crippen LogP contribution >= 0.6 is 15.9 Å². The van der Waals surface area contributed by atoms with Crippen LogP contribution in [-0.4, -0.2) is 41.2 Å². The van der Waals surface area contributed by atoms with Gasteiger partial charge in [-0.3, -0.25) is 4.98 Å². The van der Waals surface area contributed by atoms with Crippen LogP contribution < -0.4 is 4.90 Å². The molecular formula is C19H25BrF2N2O3. The number of piperidine rings is 1. The number of aliphatic hydroxyl groups is 1. The predicted molar refractivity (Wildman–Crippen MR) is 101 cm³/mol. The summed E-state index contributed by atoms with van der Waals surface area (Å²) in [6.45, 7) is 7.85. The average molecular weight is 447 g/mol. The quantitative estimate of drug-likeness (QED) is 0.706. The third-order valence-corrected chi connectivity index (χ3v) is 6.55. The number of carbonyl (C=O) groups excluding carboxylic acids is 1. The van der Waals surface area contributed by atoms with Crippen LogP contribution in [0.3, 0.4) is 0 Å². The van der Waals surface area contributed by atoms with Crippen LogP contribution in [0.2, 0.25) is 0 Å². The number of esters is 1. The molecule has 1 N–H and O–H groups in total. The van der Waals surface area contributed by atoms with Gasteiger partial charge in [0.05, 0.1) is 22.0 Å². The first-order valence-corrected chi connectivity index (χ1v) is 9.96. The van der Waals surface area contributed by atoms with Gasteiger partial charge in [-0.05, 0) is 56.5 Å². The molecule has 1 atom stereocenters. The molecule has 2 heterocycles. The Kier molecular flexibility index (Phi) is 5.27. The minimum absolute atomic E-state index is 0.0421. The van der Waals surface area contributed by atoms with Gasteiger partial charge in [0.2, 0.25) is 0 Å². The first-order chi connectivity index (χ1) is 12.5. The second kappa shape index (κ2) is 6.95. The number of alkyl halides is 2. The Morgan fingerprint density at radius 1 is 1.26 bits per heavy atom. The molecule has 2 fully saturated rings. The summed E-state index contributed by atoms with van der Waals surface area (Å²) in [4.78, 5) is 18.7. The van der Waals surface area contributed by atoms with Crippen LogP contribution in [-0.2, 0) is 9.53 Å². The van der Waals surface area contributed by atoms with Crippen LogP contribution in [0, 0.1) is 19.3 Å². The lowest BCUT2D eigenvalue weighted by atomic mass is 9.91. The van der Waals surface area contributed by atoms with Gasteiger partial charge in [0.25, 0.3) is 5.92 Å². The number of hydrogen-bond acceptors (Lipinski definition) is 5. The minimum atomic E-state index is -2.57. The van der Waals surface area contributed by atoms with Crippen molar-refractivity contribution in [3.63, 3.8) is 0 Å². The lowest BCUT2D eigenvalue weighted by molar-refractivity contribution is -0.157. The van der Waals surface area contributed by atoms with E-state index in [1.807, 2.05) is 11.8 Å². The summed E-state index contributed by atoms with van der Waals surface area (Å²) < 4.78 is 33.2. The molecule has 0 aromatic carbocycles. The first kappa shape index (κ1) is 20.5. The Hall–Kier alpha value is -1.28. The van der Waals surface area contributed by atoms with Gasteiger partial charge in [-0.2, -0.15) is 0 Å². The molecule has 0 bridgehead atoms. The summed E-state index contributed by atoms with van der Waals surface area (Å²) in [5.41, 5.74) is 1.38. The molecule has 1 spiro atoms. The maximum absolute atomic E-state index is 13.7. The standard InChI is InChI=1S/C19H25BrF2N2O3/c1-10(2)27-17(26)16(25)13-11(3)23-12(4)14(20)15(13)24-7-5-18(6-8-24)9-19(18,21)22/h10,16,25H,5-9H2,1-4H3/t16-/m0/s1. The van der Waals surface area contributed by atoms with E-state index in [0.29, 0.717) is 53.0 Å². The van der Waals surface area contributed by atoms with Gasteiger partial charge < -0.3 is 14.7 Å². The van der Waals surface area contributed by atoms with Gasteiger partial charge in [0.1, 0.15) is 0 Å². The normalized spacial score (nSPS) is 21.4. The fourth-order valence-electron chi connectivity index (χ4n) is 3.95. The molecule has 8 heteroatoms. The molecular weight excluding hydrogens is 422 g/mol. The Bertz CT molecular complexity index is 762. The summed E-state index contributed by atoms with van der Waals surface area (Å²) in [5, 5.41) is 10.7. The molecule has 0 amide bonds. The topological polar surface area (TPSA) is 62.7 Å². The third kappa shape index (κ3) is 3.58. The Morgan fingerprint density at radius 2 is 1.81 bits per heavy atom. The largest absolute Gasteiger partial charge is 0.461 e. The molecule has 1 saturated heterocycles. The van der Waals surface area contributed by atoms with Crippen molar-refractivity contribution < 1.29 is 23.4 Å². The van der Waals surface area contributed by atoms with Crippen LogP contribution in [0.4, 0.5) is 14.5 Å². The summed E-state index contributed by atoms with van der Waals surface area (Å²) in [6.07, 6.45) is -1.10. The second-order valence-corrected chi connectivity index (χ2v) is 8.69. The van der Waals surface area contributed by atoms with Crippen molar-refractivity contribution in [2.75, 3.05) is 18.0 Å². The van der Waals surface area contributed by atoms with Crippen molar-refractivity contribution in [1.82, 2.24) is 4.98 Å². The number of aliphatic hydroxyl groups excluding tert-OH is 1. The lowest BCUT2D eigenvalue weighted by Crippen LogP contribution is -2.38. The number of nitrogens with zero attached hydrogens (tertiary/aromatic N) is 2. The summed E-state index contributed by atoms with van der Waals surface area (Å²) >= 11 is 3.52. The molecule has 1 saturated carbocycles. The van der Waals surface area contributed by atoms with Crippen molar-refractivity contribution >= 4 is 27.6 Å². The molecule has 3 rings (SSSR count). The van der Waals surface area contributed by atoms with E-state index in [2.05, 4.69) is 20.9 Å². The number of aromatic nitrogens is 1. The SMILES string of the molecule is Cc1nc(C)c([C@H](O)C(=O)OC(C)C)c(N2CCC3(CC2)CC3(F)F)c1Br. The molecule has 27 heavy (non-hydrogen) atoms. The highest BCUT2D eigenvalue weighted by Crippen LogP contribution is 2.66. The van der Waals surface area contributed by atoms with Crippen LogP contribution in [0.1, 0.15) is 56.2 Å². The maximum Gasteiger partial charge on any atom is 0.340 e. The maximum atomic E-state index is 13.7. The van der Waals surface area contributed by atoms with Gasteiger partial charge in [-0.1, -0.05) is 0 Å². The smallest absolute Gasteiger partial charge is 0.340 e. The van der Waals surface area contributed by atoms with E-state index < -0.39 is 23.4 Å². The molecule has 1 aromatic heterocycles. The molecule has 0 radical (unpaired) electrons. The highest BCUT2D eigenvalue weighted by atomic mass is 79.9. The molecule has 150 valence electrons. The van der Waals surface area contributed by atoms with Gasteiger partial charge in [-0.15, -0.1) is 0 Å². The lowest BCUT2D eigenvalue weighted by Gasteiger charge is -2.36. The Labute approximate surface area is 166 Å². The van der Waals surface area contributed by atoms with Gasteiger partial charge in [-0.25, -0.2) is 13.6 Å². The number of pyridine rings is 1. The number of hydrogen-bond donors (Lipinski definition) is 1. The van der Waals surface area contributed by atoms with Crippen molar-refractivity contribution in [2.45, 2.75) is 65.1 Å². The number of anilines is 1. The minimum Gasteiger partial charge on any atom is -0.461 e. The number of rotatable bonds is 4. The highest BCUT2D eigenvalue weighted by Gasteiger charge is 2.70. The summed E-state index contributed by atoms with van der Waals surface area (Å²) in [5.74, 6) is -3.31. The second-order valence-electron chi connectivity index (χ2n) is 7.90. The van der Waals surface area contributed by atoms with E-state index in [9.17, 15) is 18.7 Å². The number of aryl methyl sites for hydroxylation is 2. The molecule has 1 aliphatic heterocycles. The van der Waals surface area contributed by atoms with Crippen molar-refractivity contribution in [3.05, 3.63) is 21.4 Å². The molecule has 1 aromatic rings. The zero-order valence-corrected chi connectivity index (χ0v) is 17.6. The zero-order valence-electron chi connectivity index (χ0n) is 16.0. The van der Waals surface area contributed by atoms with Crippen LogP contribution in [0.5, 0.6) is 0 Å². The van der Waals surface area contributed by atoms with E-state index in [1.54, 1.807) is 20.8 Å². The Morgan fingerprint density at radius 3 is 2.30 bits per heavy atom. The van der Waals surface area contributed by atoms with E-state index in [1.165, 1.54) is 0 Å². The summed E-state index contributed by atoms with van der Waals surface area (Å²) in [7, 11) is 0. The average Bonchev–Trinajstić information content (AvgIpc) is 3.10. The van der Waals surface area contributed by atoms with Crippen molar-refractivity contribution in [3.8, 4) is 0 Å². The number of ether oxygens (including phenoxy) is 1. The Balaban J connectivity index is 1.93. The number of carbonyl (C=O) groups is 1. The van der Waals surface area contributed by atoms with E-state index in [4.69, 9.17) is 4.74 Å². The van der Waals surface area contributed by atoms with E-state index in [-0.39, 0.29) is 12.5 Å². The van der Waals surface area contributed by atoms with Gasteiger partial charge >= 0.3 is 5.97 Å². The highest BCUT2D eigenvalue weighted by molar-refractivity contribution is 9.10. The molecule has 2 aliphatic rings. The van der Waals surface area contributed by atoms with Crippen LogP contribution in [0.15, 0.2) is 4.47 Å². The van der Waals surface area contributed by atoms with Gasteiger partial charge in [0, 0.05) is 36.2 Å². The van der Waals surface area contributed by atoms with Crippen molar-refractivity contribution in [1.29, 1.82) is 0 Å². The predicted octanol–water partition coefficient (Wildman–Crippen LogP) is 4.07. The number of halogens is 3. The van der Waals surface area contributed by atoms with E-state index >= 15 is 0 Å². The monoisotopic (exact) mass is 446 g/mol. The molecule has 5 nitrogen and oxygen atoms in total. The van der Waals surface area contributed by atoms with E-state index in [0.717, 1.165) is 0 Å². The molecule has 1 aliphatic carbocycles. The van der Waals surface area contributed by atoms with Gasteiger partial charge in [0.15, 0.2) is 6.10 Å². The first-order valence-electron chi connectivity index (χ1n) is 9.17. The fourth-order valence-corrected chi connectivity index (χ4v) is 4.51. The van der Waals surface area contributed by atoms with Crippen molar-refractivity contribution in [2.24, 2.45) is 5.41 Å².